The lowest BCUT2D eigenvalue weighted by molar-refractivity contribution is -0.128. The zero-order valence-corrected chi connectivity index (χ0v) is 41.7. The molecule has 0 radical (unpaired) electrons. The molecule has 0 spiro atoms. The fourth-order valence-corrected chi connectivity index (χ4v) is 11.0. The summed E-state index contributed by atoms with van der Waals surface area (Å²) >= 11 is 0. The molecule has 0 fully saturated rings. The van der Waals surface area contributed by atoms with Crippen molar-refractivity contribution in [2.75, 3.05) is 23.9 Å². The molecule has 0 bridgehead atoms. The molecule has 0 aliphatic rings. The van der Waals surface area contributed by atoms with E-state index in [4.69, 9.17) is 12.5 Å². The van der Waals surface area contributed by atoms with Gasteiger partial charge in [-0.15, -0.1) is 0 Å². The molecule has 0 aromatic rings. The van der Waals surface area contributed by atoms with Gasteiger partial charge in [0.1, 0.15) is 6.10 Å². The number of rotatable bonds is 48. The largest absolute Gasteiger partial charge is 0.297 e. The summed E-state index contributed by atoms with van der Waals surface area (Å²) in [5, 5.41) is 0. The van der Waals surface area contributed by atoms with Crippen LogP contribution < -0.4 is 0 Å². The Labute approximate surface area is 372 Å². The minimum atomic E-state index is -4.28. The van der Waals surface area contributed by atoms with Crippen molar-refractivity contribution in [1.29, 1.82) is 0 Å². The van der Waals surface area contributed by atoms with E-state index in [1.165, 1.54) is 135 Å². The van der Waals surface area contributed by atoms with E-state index in [1.807, 2.05) is 0 Å². The van der Waals surface area contributed by atoms with Gasteiger partial charge in [0.15, 0.2) is 11.9 Å². The van der Waals surface area contributed by atoms with Crippen molar-refractivity contribution in [1.82, 2.24) is 0 Å². The molecule has 0 rings (SSSR count). The van der Waals surface area contributed by atoms with Gasteiger partial charge in [-0.2, -0.15) is 25.3 Å². The average Bonchev–Trinajstić information content (AvgIpc) is 3.19. The predicted octanol–water partition coefficient (Wildman–Crippen LogP) is 13.5. The Kier molecular flexibility index (Phi) is 39.6. The van der Waals surface area contributed by atoms with Crippen LogP contribution in [-0.4, -0.2) is 67.1 Å². The first-order chi connectivity index (χ1) is 28.8. The first kappa shape index (κ1) is 59.4. The van der Waals surface area contributed by atoms with Crippen LogP contribution in [0.1, 0.15) is 259 Å². The van der Waals surface area contributed by atoms with E-state index in [1.54, 1.807) is 0 Å². The molecule has 60 heavy (non-hydrogen) atoms. The molecule has 10 nitrogen and oxygen atoms in total. The van der Waals surface area contributed by atoms with Crippen LogP contribution in [0.5, 0.6) is 0 Å². The van der Waals surface area contributed by atoms with E-state index in [2.05, 4.69) is 20.8 Å². The Hall–Kier alpha value is -0.600. The summed E-state index contributed by atoms with van der Waals surface area (Å²) in [4.78, 5) is 12.8. The van der Waals surface area contributed by atoms with Crippen LogP contribution in [0, 0.1) is 0 Å². The molecular formula is C47H94O10S3. The van der Waals surface area contributed by atoms with Crippen LogP contribution in [0.4, 0.5) is 0 Å². The molecule has 0 heterocycles. The lowest BCUT2D eigenvalue weighted by Gasteiger charge is -2.24. The number of carbonyl (C=O) groups is 1. The highest BCUT2D eigenvalue weighted by Gasteiger charge is 2.37. The Balaban J connectivity index is 5.13. The third kappa shape index (κ3) is 39.0. The van der Waals surface area contributed by atoms with Crippen LogP contribution in [-0.2, 0) is 47.7 Å². The Morgan fingerprint density at radius 3 is 0.850 bits per heavy atom. The summed E-state index contributed by atoms with van der Waals surface area (Å²) in [6.45, 7) is 6.87. The van der Waals surface area contributed by atoms with E-state index >= 15 is 0 Å². The SMILES string of the molecule is CCCCCCCCCCCCCCS(=O)(=O)OCC(OS(=O)(=O)CCCCCCCCCCCCCC)C(OS(=O)(=O)CCCCCCCCCCCCCC)C(C)=O. The van der Waals surface area contributed by atoms with E-state index in [-0.39, 0.29) is 17.3 Å². The van der Waals surface area contributed by atoms with Gasteiger partial charge >= 0.3 is 0 Å². The number of unbranched alkanes of at least 4 members (excludes halogenated alkanes) is 33. The number of carbonyl (C=O) groups excluding carboxylic acids is 1. The van der Waals surface area contributed by atoms with Gasteiger partial charge in [-0.25, -0.2) is 0 Å². The maximum absolute atomic E-state index is 13.2. The summed E-state index contributed by atoms with van der Waals surface area (Å²) in [6, 6.07) is 0. The quantitative estimate of drug-likeness (QED) is 0.0427. The lowest BCUT2D eigenvalue weighted by Crippen LogP contribution is -2.44. The van der Waals surface area contributed by atoms with Gasteiger partial charge in [0.2, 0.25) is 0 Å². The van der Waals surface area contributed by atoms with Crippen LogP contribution >= 0.6 is 0 Å². The van der Waals surface area contributed by atoms with Gasteiger partial charge in [0.25, 0.3) is 30.4 Å². The Morgan fingerprint density at radius 1 is 0.350 bits per heavy atom. The van der Waals surface area contributed by atoms with Gasteiger partial charge < -0.3 is 0 Å². The third-order valence-corrected chi connectivity index (χ3v) is 15.3. The normalized spacial score (nSPS) is 13.5. The number of hydrogen-bond acceptors (Lipinski definition) is 10. The molecule has 360 valence electrons. The standard InChI is InChI=1S/C47H94O10S3/c1-5-8-11-14-17-20-23-26-29-32-35-38-41-58(49,50)55-44-46(56-59(51,52)42-39-36-33-30-27-24-21-18-15-12-9-6-2)47(45(4)48)57-60(53,54)43-40-37-34-31-28-25-22-19-16-13-10-7-3/h46-47H,5-44H2,1-4H3. The van der Waals surface area contributed by atoms with Crippen molar-refractivity contribution >= 4 is 36.1 Å². The van der Waals surface area contributed by atoms with Gasteiger partial charge in [-0.3, -0.25) is 17.3 Å². The van der Waals surface area contributed by atoms with Gasteiger partial charge in [0, 0.05) is 0 Å². The van der Waals surface area contributed by atoms with Crippen molar-refractivity contribution in [2.24, 2.45) is 0 Å². The molecule has 0 saturated heterocycles. The Bertz CT molecular complexity index is 1300. The second-order valence-electron chi connectivity index (χ2n) is 17.5. The second-order valence-corrected chi connectivity index (χ2v) is 22.7. The molecule has 2 unspecified atom stereocenters. The summed E-state index contributed by atoms with van der Waals surface area (Å²) in [6.07, 6.45) is 34.9. The zero-order chi connectivity index (χ0) is 44.6. The van der Waals surface area contributed by atoms with Crippen LogP contribution in [0.3, 0.4) is 0 Å². The summed E-state index contributed by atoms with van der Waals surface area (Å²) < 4.78 is 94.4. The van der Waals surface area contributed by atoms with Gasteiger partial charge in [-0.1, -0.05) is 233 Å². The summed E-state index contributed by atoms with van der Waals surface area (Å²) in [5.41, 5.74) is 0. The lowest BCUT2D eigenvalue weighted by atomic mass is 10.1. The molecule has 0 amide bonds. The second kappa shape index (κ2) is 40.0. The maximum atomic E-state index is 13.2. The minimum Gasteiger partial charge on any atom is -0.297 e. The molecular weight excluding hydrogens is 821 g/mol. The fourth-order valence-electron chi connectivity index (χ4n) is 7.59. The van der Waals surface area contributed by atoms with Crippen LogP contribution in [0.25, 0.3) is 0 Å². The van der Waals surface area contributed by atoms with Crippen LogP contribution in [0.15, 0.2) is 0 Å². The Morgan fingerprint density at radius 2 is 0.583 bits per heavy atom. The van der Waals surface area contributed by atoms with E-state index < -0.39 is 55.0 Å². The smallest absolute Gasteiger partial charge is 0.268 e. The summed E-state index contributed by atoms with van der Waals surface area (Å²) in [5.74, 6) is -1.75. The highest BCUT2D eigenvalue weighted by atomic mass is 32.2. The molecule has 0 aromatic heterocycles. The van der Waals surface area contributed by atoms with Crippen molar-refractivity contribution in [2.45, 2.75) is 271 Å². The molecule has 13 heteroatoms. The van der Waals surface area contributed by atoms with E-state index in [0.29, 0.717) is 38.5 Å². The number of Topliss-reactive ketones (excluding diaryl/α,β-unsaturated/α-hetero) is 1. The summed E-state index contributed by atoms with van der Waals surface area (Å²) in [7, 11) is -12.7. The monoisotopic (exact) mass is 915 g/mol. The first-order valence-electron chi connectivity index (χ1n) is 25.0. The molecule has 2 atom stereocenters. The van der Waals surface area contributed by atoms with Crippen molar-refractivity contribution in [3.05, 3.63) is 0 Å². The third-order valence-electron chi connectivity index (χ3n) is 11.4. The number of hydrogen-bond donors (Lipinski definition) is 0. The minimum absolute atomic E-state index is 0.272. The molecule has 0 N–H and O–H groups in total. The first-order valence-corrected chi connectivity index (χ1v) is 29.7. The fraction of sp³-hybridized carbons (Fsp3) is 0.979. The van der Waals surface area contributed by atoms with Crippen LogP contribution in [0.2, 0.25) is 0 Å². The van der Waals surface area contributed by atoms with E-state index in [9.17, 15) is 30.0 Å². The topological polar surface area (TPSA) is 147 Å². The average molecular weight is 915 g/mol. The van der Waals surface area contributed by atoms with E-state index in [0.717, 1.165) is 64.7 Å². The van der Waals surface area contributed by atoms with Gasteiger partial charge in [-0.05, 0) is 26.2 Å². The molecule has 0 aliphatic heterocycles. The highest BCUT2D eigenvalue weighted by molar-refractivity contribution is 7.87. The molecule has 0 aliphatic carbocycles. The number of ketones is 1. The van der Waals surface area contributed by atoms with Crippen molar-refractivity contribution in [3.8, 4) is 0 Å². The maximum Gasteiger partial charge on any atom is 0.268 e. The highest BCUT2D eigenvalue weighted by Crippen LogP contribution is 2.20. The van der Waals surface area contributed by atoms with Gasteiger partial charge in [0.05, 0.1) is 23.9 Å². The van der Waals surface area contributed by atoms with Crippen molar-refractivity contribution < 1.29 is 42.6 Å². The predicted molar refractivity (Wildman–Crippen MR) is 251 cm³/mol. The zero-order valence-electron chi connectivity index (χ0n) is 39.2. The molecule has 0 saturated carbocycles. The molecule has 0 aromatic carbocycles. The van der Waals surface area contributed by atoms with Crippen molar-refractivity contribution in [3.63, 3.8) is 0 Å².